The molecule has 0 bridgehead atoms. The predicted octanol–water partition coefficient (Wildman–Crippen LogP) is 2.43. The molecular formula is C17H25NO3. The van der Waals surface area contributed by atoms with Crippen LogP contribution in [0.4, 0.5) is 0 Å². The van der Waals surface area contributed by atoms with E-state index in [1.807, 2.05) is 6.07 Å². The number of rotatable bonds is 4. The van der Waals surface area contributed by atoms with E-state index in [0.29, 0.717) is 13.2 Å². The van der Waals surface area contributed by atoms with Crippen molar-refractivity contribution in [1.82, 2.24) is 5.32 Å². The monoisotopic (exact) mass is 291 g/mol. The molecule has 2 fully saturated rings. The van der Waals surface area contributed by atoms with Crippen molar-refractivity contribution in [3.05, 3.63) is 29.3 Å². The summed E-state index contributed by atoms with van der Waals surface area (Å²) in [4.78, 5) is 0. The average molecular weight is 291 g/mol. The van der Waals surface area contributed by atoms with Gasteiger partial charge in [-0.25, -0.2) is 0 Å². The van der Waals surface area contributed by atoms with Crippen LogP contribution in [0.3, 0.4) is 0 Å². The van der Waals surface area contributed by atoms with Gasteiger partial charge in [-0.15, -0.1) is 0 Å². The molecule has 2 aliphatic heterocycles. The van der Waals surface area contributed by atoms with Gasteiger partial charge in [-0.3, -0.25) is 0 Å². The first kappa shape index (κ1) is 14.8. The van der Waals surface area contributed by atoms with Gasteiger partial charge < -0.3 is 19.5 Å². The zero-order valence-electron chi connectivity index (χ0n) is 13.0. The minimum Gasteiger partial charge on any atom is -0.496 e. The normalized spacial score (nSPS) is 24.4. The second kappa shape index (κ2) is 6.34. The molecule has 0 aromatic heterocycles. The largest absolute Gasteiger partial charge is 0.496 e. The summed E-state index contributed by atoms with van der Waals surface area (Å²) in [6, 6.07) is 6.20. The number of hydrogen-bond donors (Lipinski definition) is 1. The molecule has 1 aromatic carbocycles. The summed E-state index contributed by atoms with van der Waals surface area (Å²) in [7, 11) is 1.71. The average Bonchev–Trinajstić information content (AvgIpc) is 2.89. The van der Waals surface area contributed by atoms with Crippen LogP contribution in [-0.2, 0) is 16.1 Å². The molecule has 2 saturated heterocycles. The number of ether oxygens (including phenoxy) is 3. The van der Waals surface area contributed by atoms with Crippen molar-refractivity contribution in [2.75, 3.05) is 26.8 Å². The van der Waals surface area contributed by atoms with E-state index in [4.69, 9.17) is 14.2 Å². The highest BCUT2D eigenvalue weighted by molar-refractivity contribution is 5.36. The van der Waals surface area contributed by atoms with Gasteiger partial charge in [-0.05, 0) is 38.9 Å². The molecule has 2 aliphatic rings. The third kappa shape index (κ3) is 3.39. The van der Waals surface area contributed by atoms with Crippen LogP contribution in [0.2, 0.25) is 0 Å². The van der Waals surface area contributed by atoms with Gasteiger partial charge in [0.1, 0.15) is 5.75 Å². The summed E-state index contributed by atoms with van der Waals surface area (Å²) < 4.78 is 17.6. The van der Waals surface area contributed by atoms with Gasteiger partial charge in [-0.2, -0.15) is 0 Å². The second-order valence-corrected chi connectivity index (χ2v) is 6.20. The molecular weight excluding hydrogens is 266 g/mol. The smallest absolute Gasteiger partial charge is 0.124 e. The van der Waals surface area contributed by atoms with Crippen molar-refractivity contribution in [3.8, 4) is 5.75 Å². The second-order valence-electron chi connectivity index (χ2n) is 6.20. The Labute approximate surface area is 126 Å². The molecule has 1 unspecified atom stereocenters. The Bertz CT molecular complexity index is 483. The first-order valence-electron chi connectivity index (χ1n) is 7.81. The zero-order valence-corrected chi connectivity index (χ0v) is 13.0. The van der Waals surface area contributed by atoms with Crippen molar-refractivity contribution in [2.24, 2.45) is 0 Å². The number of benzene rings is 1. The molecule has 0 radical (unpaired) electrons. The Balaban J connectivity index is 1.57. The fraction of sp³-hybridized carbons (Fsp3) is 0.647. The molecule has 1 aromatic rings. The summed E-state index contributed by atoms with van der Waals surface area (Å²) in [5.74, 6) is 0.899. The fourth-order valence-corrected chi connectivity index (χ4v) is 3.37. The quantitative estimate of drug-likeness (QED) is 0.925. The Hall–Kier alpha value is -1.10. The van der Waals surface area contributed by atoms with Crippen LogP contribution >= 0.6 is 0 Å². The lowest BCUT2D eigenvalue weighted by Gasteiger charge is -2.32. The van der Waals surface area contributed by atoms with Gasteiger partial charge >= 0.3 is 0 Å². The molecule has 0 aliphatic carbocycles. The van der Waals surface area contributed by atoms with Crippen molar-refractivity contribution < 1.29 is 14.2 Å². The molecule has 4 nitrogen and oxygen atoms in total. The molecule has 4 heteroatoms. The van der Waals surface area contributed by atoms with E-state index in [2.05, 4.69) is 24.4 Å². The number of nitrogens with one attached hydrogen (secondary N) is 1. The lowest BCUT2D eigenvalue weighted by atomic mass is 9.89. The van der Waals surface area contributed by atoms with Gasteiger partial charge in [0, 0.05) is 12.0 Å². The van der Waals surface area contributed by atoms with Gasteiger partial charge in [0.25, 0.3) is 0 Å². The lowest BCUT2D eigenvalue weighted by Crippen LogP contribution is -2.41. The molecule has 21 heavy (non-hydrogen) atoms. The minimum atomic E-state index is 0.0621. The molecule has 1 N–H and O–H groups in total. The van der Waals surface area contributed by atoms with E-state index in [9.17, 15) is 0 Å². The van der Waals surface area contributed by atoms with E-state index in [1.165, 1.54) is 5.56 Å². The van der Waals surface area contributed by atoms with Gasteiger partial charge in [0.15, 0.2) is 0 Å². The van der Waals surface area contributed by atoms with Gasteiger partial charge in [0.2, 0.25) is 0 Å². The van der Waals surface area contributed by atoms with E-state index >= 15 is 0 Å². The fourth-order valence-electron chi connectivity index (χ4n) is 3.37. The first-order chi connectivity index (χ1) is 10.2. The number of aryl methyl sites for hydroxylation is 1. The summed E-state index contributed by atoms with van der Waals surface area (Å²) in [6.07, 6.45) is 3.41. The lowest BCUT2D eigenvalue weighted by molar-refractivity contribution is -0.0241. The van der Waals surface area contributed by atoms with Crippen molar-refractivity contribution in [1.29, 1.82) is 0 Å². The molecule has 2 heterocycles. The van der Waals surface area contributed by atoms with Crippen LogP contribution in [0.5, 0.6) is 5.75 Å². The number of hydrogen-bond acceptors (Lipinski definition) is 4. The standard InChI is InChI=1S/C17H25NO3/c1-13-3-4-16(19-2)14(9-13)11-20-15-10-17(21-12-15)5-7-18-8-6-17/h3-4,9,15,18H,5-8,10-12H2,1-2H3. The molecule has 1 spiro atoms. The van der Waals surface area contributed by atoms with E-state index in [1.54, 1.807) is 7.11 Å². The summed E-state index contributed by atoms with van der Waals surface area (Å²) in [5, 5.41) is 3.39. The molecule has 1 atom stereocenters. The van der Waals surface area contributed by atoms with Gasteiger partial charge in [-0.1, -0.05) is 17.7 Å². The van der Waals surface area contributed by atoms with E-state index in [-0.39, 0.29) is 11.7 Å². The Morgan fingerprint density at radius 3 is 2.90 bits per heavy atom. The topological polar surface area (TPSA) is 39.7 Å². The first-order valence-corrected chi connectivity index (χ1v) is 7.81. The molecule has 0 amide bonds. The maximum Gasteiger partial charge on any atom is 0.124 e. The Kier molecular flexibility index (Phi) is 4.48. The van der Waals surface area contributed by atoms with E-state index < -0.39 is 0 Å². The van der Waals surface area contributed by atoms with Crippen LogP contribution in [-0.4, -0.2) is 38.5 Å². The SMILES string of the molecule is COc1ccc(C)cc1COC1COC2(CCNCC2)C1. The maximum absolute atomic E-state index is 6.09. The maximum atomic E-state index is 6.09. The van der Waals surface area contributed by atoms with Crippen LogP contribution in [0.1, 0.15) is 30.4 Å². The van der Waals surface area contributed by atoms with Crippen LogP contribution in [0.15, 0.2) is 18.2 Å². The Morgan fingerprint density at radius 1 is 1.33 bits per heavy atom. The van der Waals surface area contributed by atoms with Crippen molar-refractivity contribution in [3.63, 3.8) is 0 Å². The summed E-state index contributed by atoms with van der Waals surface area (Å²) >= 11 is 0. The molecule has 0 saturated carbocycles. The van der Waals surface area contributed by atoms with Crippen LogP contribution in [0.25, 0.3) is 0 Å². The van der Waals surface area contributed by atoms with E-state index in [0.717, 1.165) is 43.7 Å². The minimum absolute atomic E-state index is 0.0621. The summed E-state index contributed by atoms with van der Waals surface area (Å²) in [6.45, 7) is 5.50. The zero-order chi connectivity index (χ0) is 14.7. The van der Waals surface area contributed by atoms with Crippen molar-refractivity contribution >= 4 is 0 Å². The van der Waals surface area contributed by atoms with Crippen molar-refractivity contribution in [2.45, 2.75) is 44.5 Å². The predicted molar refractivity (Wildman–Crippen MR) is 81.7 cm³/mol. The molecule has 3 rings (SSSR count). The third-order valence-electron chi connectivity index (χ3n) is 4.60. The third-order valence-corrected chi connectivity index (χ3v) is 4.60. The van der Waals surface area contributed by atoms with Gasteiger partial charge in [0.05, 0.1) is 32.0 Å². The highest BCUT2D eigenvalue weighted by Crippen LogP contribution is 2.35. The summed E-state index contributed by atoms with van der Waals surface area (Å²) in [5.41, 5.74) is 2.41. The number of methoxy groups -OCH3 is 1. The molecule has 116 valence electrons. The van der Waals surface area contributed by atoms with Crippen LogP contribution in [0, 0.1) is 6.92 Å². The highest BCUT2D eigenvalue weighted by Gasteiger charge is 2.41. The highest BCUT2D eigenvalue weighted by atomic mass is 16.6. The number of piperidine rings is 1. The van der Waals surface area contributed by atoms with Crippen LogP contribution < -0.4 is 10.1 Å². The Morgan fingerprint density at radius 2 is 2.14 bits per heavy atom.